The van der Waals surface area contributed by atoms with Crippen LogP contribution in [0.4, 0.5) is 0 Å². The summed E-state index contributed by atoms with van der Waals surface area (Å²) in [4.78, 5) is 13.6. The molecule has 2 unspecified atom stereocenters. The van der Waals surface area contributed by atoms with E-state index in [2.05, 4.69) is 27.7 Å². The van der Waals surface area contributed by atoms with E-state index in [0.29, 0.717) is 18.3 Å². The third kappa shape index (κ3) is 3.66. The lowest BCUT2D eigenvalue weighted by Gasteiger charge is -2.37. The first-order chi connectivity index (χ1) is 13.9. The van der Waals surface area contributed by atoms with Gasteiger partial charge in [0.15, 0.2) is 0 Å². The van der Waals surface area contributed by atoms with Gasteiger partial charge in [0.2, 0.25) is 15.9 Å². The first kappa shape index (κ1) is 23.8. The van der Waals surface area contributed by atoms with Gasteiger partial charge in [-0.15, -0.1) is 0 Å². The molecule has 1 N–H and O–H groups in total. The highest BCUT2D eigenvalue weighted by Gasteiger charge is 2.72. The molecule has 0 aromatic heterocycles. The van der Waals surface area contributed by atoms with Crippen molar-refractivity contribution >= 4 is 15.9 Å². The molecule has 1 spiro atoms. The Morgan fingerprint density at radius 1 is 1.13 bits per heavy atom. The number of aliphatic hydroxyl groups is 1. The molecule has 1 amide bonds. The van der Waals surface area contributed by atoms with Crippen LogP contribution in [-0.2, 0) is 14.8 Å². The topological polar surface area (TPSA) is 74.7 Å². The molecule has 2 aliphatic carbocycles. The predicted molar refractivity (Wildman–Crippen MR) is 120 cm³/mol. The summed E-state index contributed by atoms with van der Waals surface area (Å²) in [5.41, 5.74) is -0.293. The van der Waals surface area contributed by atoms with Crippen LogP contribution < -0.4 is 0 Å². The molecule has 0 aromatic carbocycles. The molecule has 5 atom stereocenters. The number of sulfonamides is 1. The average molecular weight is 440 g/mol. The number of hydrogen-bond donors (Lipinski definition) is 1. The second-order valence-electron chi connectivity index (χ2n) is 11.2. The van der Waals surface area contributed by atoms with Crippen molar-refractivity contribution < 1.29 is 18.3 Å². The minimum Gasteiger partial charge on any atom is -0.396 e. The summed E-state index contributed by atoms with van der Waals surface area (Å²) in [5.74, 6) is 0.783. The van der Waals surface area contributed by atoms with Gasteiger partial charge in [-0.3, -0.25) is 4.79 Å². The molecule has 2 saturated carbocycles. The Balaban J connectivity index is 1.78. The number of nitrogens with zero attached hydrogens (tertiary/aromatic N) is 1. The molecule has 30 heavy (non-hydrogen) atoms. The van der Waals surface area contributed by atoms with Crippen LogP contribution >= 0.6 is 0 Å². The standard InChI is InChI=1S/C24H41NO4S/c1-16(2)18(14-26)9-7-8-10-20(17(3)4)22(27)25-21-13-19-11-12-24(21,23(19,5)6)15-30(25,28)29/h7-8,16-21,26H,9-15H2,1-6H3/b8-7+/t18-,19?,20+,21?,24+/m1/s1. The van der Waals surface area contributed by atoms with E-state index in [-0.39, 0.29) is 52.9 Å². The second kappa shape index (κ2) is 8.23. The van der Waals surface area contributed by atoms with Crippen LogP contribution in [0.25, 0.3) is 0 Å². The van der Waals surface area contributed by atoms with E-state index >= 15 is 0 Å². The number of amides is 1. The van der Waals surface area contributed by atoms with Gasteiger partial charge in [0.25, 0.3) is 0 Å². The molecule has 3 fully saturated rings. The van der Waals surface area contributed by atoms with E-state index in [0.717, 1.165) is 25.7 Å². The van der Waals surface area contributed by atoms with Gasteiger partial charge in [-0.2, -0.15) is 0 Å². The van der Waals surface area contributed by atoms with Gasteiger partial charge in [0.1, 0.15) is 0 Å². The number of fused-ring (bicyclic) bond motifs is 1. The van der Waals surface area contributed by atoms with Crippen LogP contribution in [0, 0.1) is 40.4 Å². The Kier molecular flexibility index (Phi) is 6.53. The largest absolute Gasteiger partial charge is 0.396 e. The highest BCUT2D eigenvalue weighted by molar-refractivity contribution is 7.90. The molecule has 6 heteroatoms. The number of carbonyl (C=O) groups is 1. The van der Waals surface area contributed by atoms with Crippen LogP contribution in [0.1, 0.15) is 73.6 Å². The monoisotopic (exact) mass is 439 g/mol. The fraction of sp³-hybridized carbons (Fsp3) is 0.875. The van der Waals surface area contributed by atoms with Crippen LogP contribution in [0.3, 0.4) is 0 Å². The van der Waals surface area contributed by atoms with Crippen molar-refractivity contribution in [2.75, 3.05) is 12.4 Å². The Labute approximate surface area is 183 Å². The van der Waals surface area contributed by atoms with Crippen molar-refractivity contribution in [3.8, 4) is 0 Å². The maximum Gasteiger partial charge on any atom is 0.240 e. The van der Waals surface area contributed by atoms with Crippen molar-refractivity contribution in [3.63, 3.8) is 0 Å². The Morgan fingerprint density at radius 3 is 2.30 bits per heavy atom. The van der Waals surface area contributed by atoms with E-state index < -0.39 is 10.0 Å². The van der Waals surface area contributed by atoms with Crippen molar-refractivity contribution in [1.29, 1.82) is 0 Å². The van der Waals surface area contributed by atoms with Crippen molar-refractivity contribution in [3.05, 3.63) is 12.2 Å². The summed E-state index contributed by atoms with van der Waals surface area (Å²) in [6.07, 6.45) is 8.20. The third-order valence-electron chi connectivity index (χ3n) is 8.92. The summed E-state index contributed by atoms with van der Waals surface area (Å²) in [5, 5.41) is 9.50. The molecular weight excluding hydrogens is 398 g/mol. The smallest absolute Gasteiger partial charge is 0.240 e. The molecule has 0 radical (unpaired) electrons. The number of aliphatic hydroxyl groups excluding tert-OH is 1. The molecule has 1 aliphatic heterocycles. The van der Waals surface area contributed by atoms with E-state index in [9.17, 15) is 18.3 Å². The molecular formula is C24H41NO4S. The first-order valence-electron chi connectivity index (χ1n) is 11.7. The van der Waals surface area contributed by atoms with Crippen LogP contribution in [0.15, 0.2) is 12.2 Å². The minimum absolute atomic E-state index is 0.0247. The maximum absolute atomic E-state index is 13.6. The number of hydrogen-bond acceptors (Lipinski definition) is 4. The quantitative estimate of drug-likeness (QED) is 0.575. The highest BCUT2D eigenvalue weighted by atomic mass is 32.2. The molecule has 172 valence electrons. The molecule has 2 bridgehead atoms. The molecule has 0 aromatic rings. The Bertz CT molecular complexity index is 785. The summed E-state index contributed by atoms with van der Waals surface area (Å²) < 4.78 is 27.7. The average Bonchev–Trinajstić information content (AvgIpc) is 3.11. The summed E-state index contributed by atoms with van der Waals surface area (Å²) in [7, 11) is -3.57. The SMILES string of the molecule is CC(C)[C@@H](CO)C/C=C/C[C@H](C(=O)N1C2CC3CC[C@@]2(CS1(=O)=O)C3(C)C)C(C)C. The summed E-state index contributed by atoms with van der Waals surface area (Å²) in [6, 6.07) is -0.159. The zero-order valence-electron chi connectivity index (χ0n) is 19.6. The molecule has 3 aliphatic rings. The third-order valence-corrected chi connectivity index (χ3v) is 10.8. The number of allylic oxidation sites excluding steroid dienone is 2. The lowest BCUT2D eigenvalue weighted by molar-refractivity contribution is -0.134. The fourth-order valence-electron chi connectivity index (χ4n) is 6.47. The van der Waals surface area contributed by atoms with Crippen LogP contribution in [-0.4, -0.2) is 42.1 Å². The summed E-state index contributed by atoms with van der Waals surface area (Å²) >= 11 is 0. The van der Waals surface area contributed by atoms with Gasteiger partial charge >= 0.3 is 0 Å². The van der Waals surface area contributed by atoms with Gasteiger partial charge in [-0.1, -0.05) is 53.7 Å². The normalized spacial score (nSPS) is 33.6. The van der Waals surface area contributed by atoms with Gasteiger partial charge < -0.3 is 5.11 Å². The highest BCUT2D eigenvalue weighted by Crippen LogP contribution is 2.70. The van der Waals surface area contributed by atoms with Crippen LogP contribution in [0.5, 0.6) is 0 Å². The summed E-state index contributed by atoms with van der Waals surface area (Å²) in [6.45, 7) is 12.8. The molecule has 5 nitrogen and oxygen atoms in total. The zero-order chi connectivity index (χ0) is 22.5. The van der Waals surface area contributed by atoms with E-state index in [4.69, 9.17) is 0 Å². The molecule has 1 saturated heterocycles. The van der Waals surface area contributed by atoms with Gasteiger partial charge in [-0.25, -0.2) is 12.7 Å². The van der Waals surface area contributed by atoms with Crippen molar-refractivity contribution in [2.45, 2.75) is 79.7 Å². The molecule has 3 rings (SSSR count). The minimum atomic E-state index is -3.57. The van der Waals surface area contributed by atoms with E-state index in [1.54, 1.807) is 0 Å². The number of rotatable bonds is 8. The van der Waals surface area contributed by atoms with Gasteiger partial charge in [0, 0.05) is 17.9 Å². The second-order valence-corrected chi connectivity index (χ2v) is 13.1. The predicted octanol–water partition coefficient (Wildman–Crippen LogP) is 4.23. The lowest BCUT2D eigenvalue weighted by atomic mass is 9.69. The molecule has 1 heterocycles. The first-order valence-corrected chi connectivity index (χ1v) is 13.3. The van der Waals surface area contributed by atoms with E-state index in [1.165, 1.54) is 4.31 Å². The van der Waals surface area contributed by atoms with E-state index in [1.807, 2.05) is 26.0 Å². The van der Waals surface area contributed by atoms with Gasteiger partial charge in [-0.05, 0) is 61.2 Å². The van der Waals surface area contributed by atoms with Crippen molar-refractivity contribution in [1.82, 2.24) is 4.31 Å². The maximum atomic E-state index is 13.6. The number of carbonyl (C=O) groups excluding carboxylic acids is 1. The Morgan fingerprint density at radius 2 is 1.77 bits per heavy atom. The lowest BCUT2D eigenvalue weighted by Crippen LogP contribution is -2.47. The zero-order valence-corrected chi connectivity index (χ0v) is 20.4. The Hall–Kier alpha value is -0.880. The van der Waals surface area contributed by atoms with Crippen LogP contribution in [0.2, 0.25) is 0 Å². The van der Waals surface area contributed by atoms with Gasteiger partial charge in [0.05, 0.1) is 11.8 Å². The fourth-order valence-corrected chi connectivity index (χ4v) is 9.06. The van der Waals surface area contributed by atoms with Crippen molar-refractivity contribution in [2.24, 2.45) is 40.4 Å².